The van der Waals surface area contributed by atoms with Crippen molar-refractivity contribution in [3.05, 3.63) is 245 Å². The van der Waals surface area contributed by atoms with Gasteiger partial charge in [-0.25, -0.2) is 0 Å². The van der Waals surface area contributed by atoms with Crippen molar-refractivity contribution in [3.63, 3.8) is 0 Å². The molecule has 0 unspecified atom stereocenters. The molecule has 0 aliphatic heterocycles. The van der Waals surface area contributed by atoms with Gasteiger partial charge in [0.15, 0.2) is 0 Å². The Morgan fingerprint density at radius 2 is 0.803 bits per heavy atom. The van der Waals surface area contributed by atoms with E-state index in [4.69, 9.17) is 83.6 Å². The van der Waals surface area contributed by atoms with E-state index in [1.807, 2.05) is 0 Å². The van der Waals surface area contributed by atoms with Gasteiger partial charge in [-0.1, -0.05) is 236 Å². The lowest BCUT2D eigenvalue weighted by Gasteiger charge is -2.21. The van der Waals surface area contributed by atoms with Crippen LogP contribution in [0.4, 0.5) is 0 Å². The minimum atomic E-state index is -3.20. The highest BCUT2D eigenvalue weighted by molar-refractivity contribution is 5.36. The monoisotopic (exact) mass is 944 g/mol. The molecule has 0 saturated carbocycles. The Bertz CT molecular complexity index is 4560. The van der Waals surface area contributed by atoms with E-state index in [1.54, 1.807) is 19.1 Å². The van der Waals surface area contributed by atoms with Gasteiger partial charge in [-0.05, 0) is 171 Å². The highest BCUT2D eigenvalue weighted by Crippen LogP contribution is 2.25. The first-order chi connectivity index (χ1) is 55.7. The van der Waals surface area contributed by atoms with Gasteiger partial charge < -0.3 is 0 Å². The van der Waals surface area contributed by atoms with Crippen LogP contribution in [-0.2, 0) is 10.8 Å². The average molecular weight is 945 g/mol. The van der Waals surface area contributed by atoms with Crippen molar-refractivity contribution >= 4 is 0 Å². The molecule has 7 rings (SSSR count). The summed E-state index contributed by atoms with van der Waals surface area (Å²) < 4.78 is 454. The van der Waals surface area contributed by atoms with E-state index in [2.05, 4.69) is 0 Å². The molecule has 354 valence electrons. The largest absolute Gasteiger partial charge is 0.0628 e. The molecule has 0 heteroatoms. The predicted octanol–water partition coefficient (Wildman–Crippen LogP) is 19.3. The molecule has 0 nitrogen and oxygen atoms in total. The van der Waals surface area contributed by atoms with Gasteiger partial charge in [-0.15, -0.1) is 0 Å². The van der Waals surface area contributed by atoms with Gasteiger partial charge in [0, 0.05) is 61.7 Å². The molecule has 0 aliphatic rings. The summed E-state index contributed by atoms with van der Waals surface area (Å²) in [5.74, 6) is 0. The molecule has 7 aromatic carbocycles. The quantitative estimate of drug-likeness (QED) is 0.142. The Morgan fingerprint density at radius 3 is 1.32 bits per heavy atom. The molecule has 0 saturated heterocycles. The molecule has 0 amide bonds. The Morgan fingerprint density at radius 1 is 0.333 bits per heavy atom. The normalized spacial score (nSPS) is 26.6. The summed E-state index contributed by atoms with van der Waals surface area (Å²) in [6.07, 6.45) is 0. The number of aryl methyl sites for hydroxylation is 2. The maximum absolute atomic E-state index is 7.82. The van der Waals surface area contributed by atoms with Crippen molar-refractivity contribution in [1.29, 1.82) is 0 Å². The fourth-order valence-electron chi connectivity index (χ4n) is 4.34. The molecule has 0 radical (unpaired) electrons. The van der Waals surface area contributed by atoms with Crippen LogP contribution in [0.5, 0.6) is 0 Å². The summed E-state index contributed by atoms with van der Waals surface area (Å²) in [5.41, 5.74) is -10.6. The van der Waals surface area contributed by atoms with Crippen LogP contribution in [-0.4, -0.2) is 0 Å². The van der Waals surface area contributed by atoms with Gasteiger partial charge in [-0.3, -0.25) is 0 Å². The van der Waals surface area contributed by atoms with Crippen molar-refractivity contribution in [2.45, 2.75) is 162 Å². The van der Waals surface area contributed by atoms with Crippen LogP contribution in [0.3, 0.4) is 0 Å². The maximum Gasteiger partial charge on any atom is 0.0628 e. The number of rotatable bonds is 0. The lowest BCUT2D eigenvalue weighted by Crippen LogP contribution is -2.12. The molecular weight excluding hydrogens is 793 g/mol. The van der Waals surface area contributed by atoms with Gasteiger partial charge in [0.1, 0.15) is 0 Å². The first-order valence-corrected chi connectivity index (χ1v) is 18.9. The number of benzene rings is 7. The zero-order valence-electron chi connectivity index (χ0n) is 98.1. The third-order valence-electron chi connectivity index (χ3n) is 7.75. The van der Waals surface area contributed by atoms with E-state index < -0.39 is 236 Å². The Balaban J connectivity index is 0.000000743. The molecule has 0 atom stereocenters. The minimum absolute atomic E-state index is 0.0387. The lowest BCUT2D eigenvalue weighted by molar-refractivity contribution is 0.586. The summed E-state index contributed by atoms with van der Waals surface area (Å²) >= 11 is 0. The fraction of sp³-hybridized carbons (Fsp3) is 0.364. The second-order valence-corrected chi connectivity index (χ2v) is 13.7. The zero-order valence-corrected chi connectivity index (χ0v) is 37.1. The highest BCUT2D eigenvalue weighted by atomic mass is 14.2. The second kappa shape index (κ2) is 28.5. The fourth-order valence-corrected chi connectivity index (χ4v) is 4.34. The Labute approximate surface area is 492 Å². The van der Waals surface area contributed by atoms with Crippen LogP contribution in [0.25, 0.3) is 0 Å². The van der Waals surface area contributed by atoms with E-state index in [9.17, 15) is 0 Å². The summed E-state index contributed by atoms with van der Waals surface area (Å²) in [6.45, 7) is -34.1. The average Bonchev–Trinajstić information content (AvgIpc) is 0.707. The first kappa shape index (κ1) is 14.5. The van der Waals surface area contributed by atoms with Gasteiger partial charge in [0.25, 0.3) is 0 Å². The van der Waals surface area contributed by atoms with Crippen LogP contribution in [0, 0.1) is 110 Å². The van der Waals surface area contributed by atoms with Gasteiger partial charge in [-0.2, -0.15) is 0 Å². The summed E-state index contributed by atoms with van der Waals surface area (Å²) in [5, 5.41) is 0. The van der Waals surface area contributed by atoms with Gasteiger partial charge in [0.2, 0.25) is 0 Å². The molecule has 0 fully saturated rings. The van der Waals surface area contributed by atoms with Crippen molar-refractivity contribution < 1.29 is 83.6 Å². The van der Waals surface area contributed by atoms with Crippen molar-refractivity contribution in [3.8, 4) is 0 Å². The van der Waals surface area contributed by atoms with Crippen molar-refractivity contribution in [1.82, 2.24) is 0 Å². The van der Waals surface area contributed by atoms with E-state index in [0.29, 0.717) is 11.1 Å². The smallest absolute Gasteiger partial charge is 0.0620 e. The lowest BCUT2D eigenvalue weighted by atomic mass is 9.84. The first-order valence-electron chi connectivity index (χ1n) is 49.4. The summed E-state index contributed by atoms with van der Waals surface area (Å²) in [4.78, 5) is 0. The predicted molar refractivity (Wildman–Crippen MR) is 298 cm³/mol. The highest BCUT2D eigenvalue weighted by Gasteiger charge is 2.14. The molecular formula is C66H90. The van der Waals surface area contributed by atoms with Crippen LogP contribution >= 0.6 is 0 Å². The van der Waals surface area contributed by atoms with Crippen LogP contribution < -0.4 is 0 Å². The molecule has 0 heterocycles. The van der Waals surface area contributed by atoms with Gasteiger partial charge in [0.05, 0.1) is 21.9 Å². The maximum atomic E-state index is 7.82. The SMILES string of the molecule is [2H]C([2H])([2H])C(c1cccc(C)c1)(C([2H])([2H])[2H])C([2H])([2H])[2H].[2H]C([2H])([2H])C(c1ccccc1C)(C([2H])([2H])[2H])C([2H])([2H])[2H].[2H]c1c(C([2H])([2H])[2H])c([2H])c(C([2H])([2H])[2H])c(C)c1C([2H])([2H])[2H].[2H]c1c(C)c([2H])c(C([2H])([2H])[2H])c([2H])c1C([2H])([2H])[2H].[2H]c1c([2H])c(C([2H])([2H])[2H])c(C)c(C([2H])([2H])[2H])c1[2H].[2H]c1c([2H])c(C([2H])([2H])[2H])c([2H])c([2H])c1C.[2H]c1c([2H])c(C)c([2H])c(C([2H])([2H])[2H])c1[2H]. The molecule has 7 aromatic rings. The van der Waals surface area contributed by atoms with Crippen LogP contribution in [0.1, 0.15) is 225 Å². The van der Waals surface area contributed by atoms with E-state index in [-0.39, 0.29) is 63.1 Å². The van der Waals surface area contributed by atoms with Crippen LogP contribution in [0.2, 0.25) is 0 Å². The zero-order chi connectivity index (χ0) is 102. The number of hydrogen-bond acceptors (Lipinski definition) is 0. The third-order valence-corrected chi connectivity index (χ3v) is 7.75. The summed E-state index contributed by atoms with van der Waals surface area (Å²) in [6, 6.07) is 3.20. The van der Waals surface area contributed by atoms with Crippen molar-refractivity contribution in [2.75, 3.05) is 0 Å². The third kappa shape index (κ3) is 24.2. The molecule has 0 aromatic heterocycles. The van der Waals surface area contributed by atoms with E-state index >= 15 is 0 Å². The van der Waals surface area contributed by atoms with E-state index in [1.165, 1.54) is 77.9 Å². The molecule has 0 N–H and O–H groups in total. The Kier molecular flexibility index (Phi) is 6.28. The minimum Gasteiger partial charge on any atom is -0.0620 e. The van der Waals surface area contributed by atoms with E-state index in [0.717, 1.165) is 0 Å². The van der Waals surface area contributed by atoms with Crippen molar-refractivity contribution in [2.24, 2.45) is 0 Å². The van der Waals surface area contributed by atoms with Gasteiger partial charge >= 0.3 is 0 Å². The standard InChI is InChI=1S/2C11H16.C10H14.2C9H12.2C8H10/c1-9-6-5-7-10(8-9)11(2,3)4;1-9-7-5-6-8-10(9)11(2,3)4;1-7-5-8(2)10(4)9(3)6-7;1-7-4-8(2)6-9(3)5-7;1-7-5-4-6-8(2)9(7)3;1-7-3-5-8(2)6-4-7;1-7-4-3-5-8(2)6-7/h2*5-8H,1-4H3;5-6H,1-4H3;2*4-6H,1-3H3;2*3-6H,1-2H3/i2*2D3,3D3,4D3;1D3,2D3,3D3,5D,6D;2*1D3,2D3,4D,5D,6D;2*1D3,3D,4D,5D,6D. The van der Waals surface area contributed by atoms with Crippen LogP contribution in [0.15, 0.2) is 145 Å². The molecule has 0 bridgehead atoms. The Hall–Kier alpha value is -5.46. The second-order valence-electron chi connectivity index (χ2n) is 13.7. The molecule has 0 aliphatic carbocycles. The topological polar surface area (TPSA) is 0 Å². The summed E-state index contributed by atoms with van der Waals surface area (Å²) in [7, 11) is 0. The molecule has 66 heavy (non-hydrogen) atoms. The molecule has 0 spiro atoms. The number of hydrogen-bond donors (Lipinski definition) is 0.